The molecule has 0 radical (unpaired) electrons. The van der Waals surface area contributed by atoms with Crippen LogP contribution >= 0.6 is 0 Å². The minimum atomic E-state index is -3.85. The average Bonchev–Trinajstić information content (AvgIpc) is 2.98. The van der Waals surface area contributed by atoms with Gasteiger partial charge in [0.1, 0.15) is 5.82 Å². The van der Waals surface area contributed by atoms with E-state index in [9.17, 15) is 12.8 Å². The Morgan fingerprint density at radius 1 is 1.04 bits per heavy atom. The van der Waals surface area contributed by atoms with Crippen LogP contribution in [0.4, 0.5) is 21.7 Å². The molecule has 1 aliphatic heterocycles. The molecule has 0 saturated carbocycles. The van der Waals surface area contributed by atoms with Crippen LogP contribution in [0.1, 0.15) is 12.5 Å². The van der Waals surface area contributed by atoms with Crippen molar-refractivity contribution >= 4 is 27.3 Å². The molecule has 2 aromatic carbocycles. The Bertz CT molecular complexity index is 1070. The van der Waals surface area contributed by atoms with E-state index in [4.69, 9.17) is 0 Å². The summed E-state index contributed by atoms with van der Waals surface area (Å²) in [6, 6.07) is 16.2. The van der Waals surface area contributed by atoms with E-state index in [-0.39, 0.29) is 16.8 Å². The van der Waals surface area contributed by atoms with Gasteiger partial charge in [0.05, 0.1) is 4.90 Å². The molecule has 0 aliphatic carbocycles. The molecule has 8 heteroatoms. The lowest BCUT2D eigenvalue weighted by atomic mass is 10.1. The summed E-state index contributed by atoms with van der Waals surface area (Å²) < 4.78 is 40.1. The number of nitrogens with one attached hydrogen (secondary N) is 1. The van der Waals surface area contributed by atoms with Gasteiger partial charge < -0.3 is 4.90 Å². The van der Waals surface area contributed by atoms with Crippen LogP contribution in [0.2, 0.25) is 0 Å². The van der Waals surface area contributed by atoms with Crippen molar-refractivity contribution in [2.24, 2.45) is 0 Å². The molecule has 1 atom stereocenters. The molecule has 2 heterocycles. The SMILES string of the molecule is CC1Cc2ccccc2N1c1ccc(NS(=O)(=O)c2ccc(F)cc2)nn1. The van der Waals surface area contributed by atoms with E-state index in [1.807, 2.05) is 18.2 Å². The van der Waals surface area contributed by atoms with Crippen molar-refractivity contribution in [3.05, 3.63) is 72.0 Å². The van der Waals surface area contributed by atoms with E-state index in [1.165, 1.54) is 17.7 Å². The molecule has 27 heavy (non-hydrogen) atoms. The van der Waals surface area contributed by atoms with E-state index in [2.05, 4.69) is 32.8 Å². The summed E-state index contributed by atoms with van der Waals surface area (Å²) in [6.45, 7) is 2.10. The number of hydrogen-bond donors (Lipinski definition) is 1. The highest BCUT2D eigenvalue weighted by atomic mass is 32.2. The largest absolute Gasteiger partial charge is 0.321 e. The summed E-state index contributed by atoms with van der Waals surface area (Å²) in [5.74, 6) is 0.249. The van der Waals surface area contributed by atoms with Crippen molar-refractivity contribution in [3.8, 4) is 0 Å². The molecule has 1 aromatic heterocycles. The zero-order chi connectivity index (χ0) is 19.0. The van der Waals surface area contributed by atoms with Crippen LogP contribution in [-0.4, -0.2) is 24.7 Å². The first-order valence-corrected chi connectivity index (χ1v) is 9.91. The lowest BCUT2D eigenvalue weighted by molar-refractivity contribution is 0.599. The van der Waals surface area contributed by atoms with Crippen molar-refractivity contribution in [2.45, 2.75) is 24.3 Å². The fourth-order valence-corrected chi connectivity index (χ4v) is 4.23. The average molecular weight is 384 g/mol. The monoisotopic (exact) mass is 384 g/mol. The zero-order valence-corrected chi connectivity index (χ0v) is 15.3. The summed E-state index contributed by atoms with van der Waals surface area (Å²) in [6.07, 6.45) is 0.913. The Kier molecular flexibility index (Phi) is 4.27. The van der Waals surface area contributed by atoms with E-state index < -0.39 is 15.8 Å². The number of aromatic nitrogens is 2. The number of para-hydroxylation sites is 1. The highest BCUT2D eigenvalue weighted by Gasteiger charge is 2.28. The van der Waals surface area contributed by atoms with Crippen LogP contribution in [0.3, 0.4) is 0 Å². The van der Waals surface area contributed by atoms with Gasteiger partial charge in [0, 0.05) is 11.7 Å². The lowest BCUT2D eigenvalue weighted by Gasteiger charge is -2.23. The molecule has 1 aliphatic rings. The van der Waals surface area contributed by atoms with Crippen LogP contribution in [0.15, 0.2) is 65.6 Å². The quantitative estimate of drug-likeness (QED) is 0.745. The minimum Gasteiger partial charge on any atom is -0.321 e. The Morgan fingerprint density at radius 2 is 1.78 bits per heavy atom. The highest BCUT2D eigenvalue weighted by molar-refractivity contribution is 7.92. The van der Waals surface area contributed by atoms with E-state index in [0.29, 0.717) is 5.82 Å². The van der Waals surface area contributed by atoms with Gasteiger partial charge in [-0.1, -0.05) is 18.2 Å². The van der Waals surface area contributed by atoms with Crippen LogP contribution in [0.25, 0.3) is 0 Å². The second-order valence-electron chi connectivity index (χ2n) is 6.39. The van der Waals surface area contributed by atoms with Crippen LogP contribution in [0, 0.1) is 5.82 Å². The smallest absolute Gasteiger partial charge is 0.263 e. The molecular formula is C19H17FN4O2S. The van der Waals surface area contributed by atoms with Gasteiger partial charge in [-0.15, -0.1) is 10.2 Å². The van der Waals surface area contributed by atoms with Gasteiger partial charge in [0.25, 0.3) is 10.0 Å². The van der Waals surface area contributed by atoms with E-state index in [1.54, 1.807) is 12.1 Å². The number of rotatable bonds is 4. The fraction of sp³-hybridized carbons (Fsp3) is 0.158. The molecule has 6 nitrogen and oxygen atoms in total. The maximum absolute atomic E-state index is 13.0. The molecule has 3 aromatic rings. The van der Waals surface area contributed by atoms with Gasteiger partial charge in [-0.25, -0.2) is 12.8 Å². The fourth-order valence-electron chi connectivity index (χ4n) is 3.23. The number of anilines is 3. The Labute approximate surface area is 156 Å². The van der Waals surface area contributed by atoms with Crippen LogP contribution in [-0.2, 0) is 16.4 Å². The summed E-state index contributed by atoms with van der Waals surface area (Å²) in [7, 11) is -3.85. The molecule has 0 saturated heterocycles. The van der Waals surface area contributed by atoms with E-state index >= 15 is 0 Å². The molecule has 138 valence electrons. The molecular weight excluding hydrogens is 367 g/mol. The Balaban J connectivity index is 1.57. The van der Waals surface area contributed by atoms with Gasteiger partial charge >= 0.3 is 0 Å². The minimum absolute atomic E-state index is 0.0446. The molecule has 1 N–H and O–H groups in total. The first-order chi connectivity index (χ1) is 12.9. The Hall–Kier alpha value is -3.00. The third kappa shape index (κ3) is 3.35. The van der Waals surface area contributed by atoms with Crippen molar-refractivity contribution in [1.29, 1.82) is 0 Å². The maximum Gasteiger partial charge on any atom is 0.263 e. The molecule has 0 bridgehead atoms. The van der Waals surface area contributed by atoms with Crippen LogP contribution in [0.5, 0.6) is 0 Å². The second-order valence-corrected chi connectivity index (χ2v) is 8.07. The summed E-state index contributed by atoms with van der Waals surface area (Å²) >= 11 is 0. The summed E-state index contributed by atoms with van der Waals surface area (Å²) in [5, 5.41) is 8.19. The number of nitrogens with zero attached hydrogens (tertiary/aromatic N) is 3. The number of fused-ring (bicyclic) bond motifs is 1. The number of hydrogen-bond acceptors (Lipinski definition) is 5. The van der Waals surface area contributed by atoms with Crippen molar-refractivity contribution < 1.29 is 12.8 Å². The maximum atomic E-state index is 13.0. The zero-order valence-electron chi connectivity index (χ0n) is 14.5. The third-order valence-corrected chi connectivity index (χ3v) is 5.84. The van der Waals surface area contributed by atoms with E-state index in [0.717, 1.165) is 24.2 Å². The summed E-state index contributed by atoms with van der Waals surface area (Å²) in [5.41, 5.74) is 2.33. The molecule has 1 unspecified atom stereocenters. The standard InChI is InChI=1S/C19H17FN4O2S/c1-13-12-14-4-2-3-5-17(14)24(13)19-11-10-18(21-22-19)23-27(25,26)16-8-6-15(20)7-9-16/h2-11,13H,12H2,1H3,(H,21,23). The van der Waals surface area contributed by atoms with Crippen LogP contribution < -0.4 is 9.62 Å². The van der Waals surface area contributed by atoms with Gasteiger partial charge in [0.15, 0.2) is 11.6 Å². The lowest BCUT2D eigenvalue weighted by Crippen LogP contribution is -2.25. The normalized spacial score (nSPS) is 16.2. The van der Waals surface area contributed by atoms with Crippen molar-refractivity contribution in [2.75, 3.05) is 9.62 Å². The number of sulfonamides is 1. The number of halogens is 1. The van der Waals surface area contributed by atoms with Gasteiger partial charge in [-0.2, -0.15) is 0 Å². The van der Waals surface area contributed by atoms with Crippen molar-refractivity contribution in [3.63, 3.8) is 0 Å². The van der Waals surface area contributed by atoms with Gasteiger partial charge in [-0.3, -0.25) is 4.72 Å². The second kappa shape index (κ2) is 6.62. The molecule has 0 amide bonds. The third-order valence-electron chi connectivity index (χ3n) is 4.47. The van der Waals surface area contributed by atoms with Gasteiger partial charge in [-0.05, 0) is 61.4 Å². The first kappa shape index (κ1) is 17.4. The first-order valence-electron chi connectivity index (χ1n) is 8.43. The molecule has 0 fully saturated rings. The summed E-state index contributed by atoms with van der Waals surface area (Å²) in [4.78, 5) is 2.04. The topological polar surface area (TPSA) is 75.2 Å². The molecule has 0 spiro atoms. The Morgan fingerprint density at radius 3 is 2.48 bits per heavy atom. The predicted molar refractivity (Wildman–Crippen MR) is 101 cm³/mol. The highest BCUT2D eigenvalue weighted by Crippen LogP contribution is 2.36. The predicted octanol–water partition coefficient (Wildman–Crippen LogP) is 3.50. The van der Waals surface area contributed by atoms with Crippen molar-refractivity contribution in [1.82, 2.24) is 10.2 Å². The number of benzene rings is 2. The van der Waals surface area contributed by atoms with Gasteiger partial charge in [0.2, 0.25) is 0 Å². The molecule has 4 rings (SSSR count).